The van der Waals surface area contributed by atoms with E-state index < -0.39 is 0 Å². The Hall–Kier alpha value is -2.55. The van der Waals surface area contributed by atoms with Crippen molar-refractivity contribution in [1.82, 2.24) is 25.0 Å². The highest BCUT2D eigenvalue weighted by molar-refractivity contribution is 7.99. The number of carbonyl (C=O) groups is 1. The Balaban J connectivity index is 1.21. The van der Waals surface area contributed by atoms with Crippen LogP contribution in [0.2, 0.25) is 5.02 Å². The molecule has 1 amide bonds. The molecule has 1 N–H and O–H groups in total. The summed E-state index contributed by atoms with van der Waals surface area (Å²) >= 11 is 7.69. The molecular weight excluding hydrogens is 468 g/mol. The van der Waals surface area contributed by atoms with Gasteiger partial charge in [0.2, 0.25) is 11.9 Å². The third-order valence-corrected chi connectivity index (χ3v) is 7.45. The fourth-order valence-corrected chi connectivity index (χ4v) is 5.60. The van der Waals surface area contributed by atoms with Crippen LogP contribution >= 0.6 is 23.4 Å². The highest BCUT2D eigenvalue weighted by atomic mass is 35.5. The second-order valence-electron chi connectivity index (χ2n) is 8.85. The normalized spacial score (nSPS) is 18.5. The predicted molar refractivity (Wildman–Crippen MR) is 137 cm³/mol. The first-order valence-electron chi connectivity index (χ1n) is 11.8. The Bertz CT molecular complexity index is 1120. The Labute approximate surface area is 209 Å². The summed E-state index contributed by atoms with van der Waals surface area (Å²) in [5.74, 6) is 1.14. The third kappa shape index (κ3) is 5.56. The zero-order chi connectivity index (χ0) is 23.3. The number of rotatable bonds is 8. The summed E-state index contributed by atoms with van der Waals surface area (Å²) in [6.45, 7) is 4.72. The fraction of sp³-hybridized carbons (Fsp3) is 0.400. The maximum absolute atomic E-state index is 12.8. The van der Waals surface area contributed by atoms with Gasteiger partial charge in [-0.25, -0.2) is 0 Å². The van der Waals surface area contributed by atoms with E-state index in [1.807, 2.05) is 34.9 Å². The number of aromatic nitrogens is 3. The SMILES string of the molecule is O=C(CSc1nnc(N2CCCC2)n1-c1cccc(Cl)c1)NC1CCN(Cc2ccccc2)C1. The lowest BCUT2D eigenvalue weighted by Gasteiger charge is -2.18. The van der Waals surface area contributed by atoms with Crippen LogP contribution in [0.4, 0.5) is 5.95 Å². The highest BCUT2D eigenvalue weighted by Gasteiger charge is 2.25. The van der Waals surface area contributed by atoms with Gasteiger partial charge in [0.1, 0.15) is 0 Å². The summed E-state index contributed by atoms with van der Waals surface area (Å²) in [5.41, 5.74) is 2.22. The average molecular weight is 497 g/mol. The number of hydrogen-bond donors (Lipinski definition) is 1. The molecule has 0 radical (unpaired) electrons. The van der Waals surface area contributed by atoms with E-state index in [2.05, 4.69) is 49.6 Å². The average Bonchev–Trinajstić information content (AvgIpc) is 3.59. The molecule has 0 spiro atoms. The Morgan fingerprint density at radius 1 is 1.06 bits per heavy atom. The molecule has 2 fully saturated rings. The van der Waals surface area contributed by atoms with Gasteiger partial charge in [0.25, 0.3) is 0 Å². The van der Waals surface area contributed by atoms with E-state index in [0.29, 0.717) is 15.9 Å². The minimum absolute atomic E-state index is 0.0277. The lowest BCUT2D eigenvalue weighted by molar-refractivity contribution is -0.119. The van der Waals surface area contributed by atoms with Crippen LogP contribution in [0, 0.1) is 0 Å². The van der Waals surface area contributed by atoms with Crippen molar-refractivity contribution in [2.75, 3.05) is 36.8 Å². The van der Waals surface area contributed by atoms with Crippen molar-refractivity contribution in [2.24, 2.45) is 0 Å². The molecule has 0 bridgehead atoms. The van der Waals surface area contributed by atoms with Crippen LogP contribution in [0.15, 0.2) is 59.8 Å². The number of nitrogens with one attached hydrogen (secondary N) is 1. The van der Waals surface area contributed by atoms with Gasteiger partial charge in [-0.05, 0) is 43.0 Å². The van der Waals surface area contributed by atoms with Crippen LogP contribution in [0.25, 0.3) is 5.69 Å². The van der Waals surface area contributed by atoms with Gasteiger partial charge in [0.15, 0.2) is 5.16 Å². The highest BCUT2D eigenvalue weighted by Crippen LogP contribution is 2.29. The van der Waals surface area contributed by atoms with Crippen LogP contribution in [0.1, 0.15) is 24.8 Å². The molecule has 1 aromatic heterocycles. The van der Waals surface area contributed by atoms with Gasteiger partial charge >= 0.3 is 0 Å². The van der Waals surface area contributed by atoms with E-state index >= 15 is 0 Å². The van der Waals surface area contributed by atoms with Gasteiger partial charge in [-0.3, -0.25) is 14.3 Å². The minimum Gasteiger partial charge on any atom is -0.351 e. The molecule has 2 aliphatic heterocycles. The molecular formula is C25H29ClN6OS. The summed E-state index contributed by atoms with van der Waals surface area (Å²) < 4.78 is 2.02. The number of carbonyl (C=O) groups excluding carboxylic acids is 1. The molecule has 2 aliphatic rings. The number of halogens is 1. The number of amides is 1. The van der Waals surface area contributed by atoms with Crippen molar-refractivity contribution in [3.05, 3.63) is 65.2 Å². The predicted octanol–water partition coefficient (Wildman–Crippen LogP) is 4.00. The first-order valence-corrected chi connectivity index (χ1v) is 13.2. The van der Waals surface area contributed by atoms with Gasteiger partial charge < -0.3 is 10.2 Å². The van der Waals surface area contributed by atoms with Crippen molar-refractivity contribution in [2.45, 2.75) is 37.0 Å². The quantitative estimate of drug-likeness (QED) is 0.475. The first-order chi connectivity index (χ1) is 16.7. The maximum Gasteiger partial charge on any atom is 0.232 e. The van der Waals surface area contributed by atoms with Gasteiger partial charge in [-0.2, -0.15) is 0 Å². The molecule has 9 heteroatoms. The molecule has 3 heterocycles. The number of anilines is 1. The van der Waals surface area contributed by atoms with E-state index in [-0.39, 0.29) is 11.9 Å². The van der Waals surface area contributed by atoms with Crippen molar-refractivity contribution in [3.8, 4) is 5.69 Å². The van der Waals surface area contributed by atoms with Crippen molar-refractivity contribution >= 4 is 35.2 Å². The molecule has 5 rings (SSSR count). The van der Waals surface area contributed by atoms with Crippen LogP contribution in [0.5, 0.6) is 0 Å². The maximum atomic E-state index is 12.8. The number of likely N-dealkylation sites (tertiary alicyclic amines) is 1. The van der Waals surface area contributed by atoms with E-state index in [1.54, 1.807) is 0 Å². The van der Waals surface area contributed by atoms with E-state index in [1.165, 1.54) is 17.3 Å². The van der Waals surface area contributed by atoms with Crippen LogP contribution < -0.4 is 10.2 Å². The number of thioether (sulfide) groups is 1. The lowest BCUT2D eigenvalue weighted by Crippen LogP contribution is -2.38. The van der Waals surface area contributed by atoms with Gasteiger partial charge in [0, 0.05) is 43.8 Å². The van der Waals surface area contributed by atoms with E-state index in [4.69, 9.17) is 11.6 Å². The molecule has 1 unspecified atom stereocenters. The monoisotopic (exact) mass is 496 g/mol. The van der Waals surface area contributed by atoms with E-state index in [0.717, 1.165) is 63.6 Å². The standard InChI is InChI=1S/C25H29ClN6OS/c26-20-9-6-10-22(15-20)32-24(31-12-4-5-13-31)28-29-25(32)34-18-23(33)27-21-11-14-30(17-21)16-19-7-2-1-3-8-19/h1-3,6-10,15,21H,4-5,11-14,16-18H2,(H,27,33). The Morgan fingerprint density at radius 3 is 2.68 bits per heavy atom. The van der Waals surface area contributed by atoms with Crippen LogP contribution in [0.3, 0.4) is 0 Å². The number of benzene rings is 2. The fourth-order valence-electron chi connectivity index (χ4n) is 4.65. The largest absolute Gasteiger partial charge is 0.351 e. The Kier molecular flexibility index (Phi) is 7.37. The summed E-state index contributed by atoms with van der Waals surface area (Å²) in [4.78, 5) is 17.4. The lowest BCUT2D eigenvalue weighted by atomic mass is 10.2. The topological polar surface area (TPSA) is 66.3 Å². The first kappa shape index (κ1) is 23.2. The molecule has 34 heavy (non-hydrogen) atoms. The molecule has 2 saturated heterocycles. The van der Waals surface area contributed by atoms with Crippen molar-refractivity contribution < 1.29 is 4.79 Å². The number of nitrogens with zero attached hydrogens (tertiary/aromatic N) is 5. The van der Waals surface area contributed by atoms with Gasteiger partial charge in [0.05, 0.1) is 11.4 Å². The summed E-state index contributed by atoms with van der Waals surface area (Å²) in [7, 11) is 0. The third-order valence-electron chi connectivity index (χ3n) is 6.29. The van der Waals surface area contributed by atoms with Crippen molar-refractivity contribution in [3.63, 3.8) is 0 Å². The van der Waals surface area contributed by atoms with Gasteiger partial charge in [-0.15, -0.1) is 10.2 Å². The summed E-state index contributed by atoms with van der Waals surface area (Å²) in [6, 6.07) is 18.3. The molecule has 3 aromatic rings. The molecule has 178 valence electrons. The second-order valence-corrected chi connectivity index (χ2v) is 10.2. The molecule has 0 aliphatic carbocycles. The Morgan fingerprint density at radius 2 is 1.88 bits per heavy atom. The summed E-state index contributed by atoms with van der Waals surface area (Å²) in [5, 5.41) is 13.5. The van der Waals surface area contributed by atoms with Crippen molar-refractivity contribution in [1.29, 1.82) is 0 Å². The van der Waals surface area contributed by atoms with Gasteiger partial charge in [-0.1, -0.05) is 59.8 Å². The zero-order valence-corrected chi connectivity index (χ0v) is 20.6. The summed E-state index contributed by atoms with van der Waals surface area (Å²) in [6.07, 6.45) is 3.27. The molecule has 1 atom stereocenters. The number of hydrogen-bond acceptors (Lipinski definition) is 6. The molecule has 2 aromatic carbocycles. The molecule has 7 nitrogen and oxygen atoms in total. The molecule has 0 saturated carbocycles. The van der Waals surface area contributed by atoms with Crippen LogP contribution in [-0.4, -0.2) is 63.5 Å². The second kappa shape index (κ2) is 10.8. The minimum atomic E-state index is 0.0277. The zero-order valence-electron chi connectivity index (χ0n) is 19.1. The van der Waals surface area contributed by atoms with E-state index in [9.17, 15) is 4.79 Å². The smallest absolute Gasteiger partial charge is 0.232 e. The van der Waals surface area contributed by atoms with Crippen LogP contribution in [-0.2, 0) is 11.3 Å².